The molecule has 1 heterocycles. The van der Waals surface area contributed by atoms with Crippen molar-refractivity contribution >= 4 is 35.2 Å². The molecule has 0 unspecified atom stereocenters. The number of anilines is 1. The monoisotopic (exact) mass is 186 g/mol. The molecule has 1 aliphatic rings. The first-order valence-corrected chi connectivity index (χ1v) is 4.47. The summed E-state index contributed by atoms with van der Waals surface area (Å²) in [7, 11) is 0. The molecule has 1 fully saturated rings. The molecular weight excluding hydrogens is 171 g/mol. The van der Waals surface area contributed by atoms with Gasteiger partial charge in [0.15, 0.2) is 0 Å². The molecule has 1 aromatic rings. The molecule has 0 saturated carbocycles. The zero-order valence-corrected chi connectivity index (χ0v) is 7.16. The van der Waals surface area contributed by atoms with E-state index < -0.39 is 0 Å². The SMILES string of the molecule is [NaH].c1ccc(N2CCNCC2)cc1. The smallest absolute Gasteiger partial charge is 0.0367 e. The summed E-state index contributed by atoms with van der Waals surface area (Å²) in [4.78, 5) is 2.41. The molecule has 13 heavy (non-hydrogen) atoms. The second-order valence-corrected chi connectivity index (χ2v) is 3.07. The Bertz CT molecular complexity index is 232. The first-order valence-electron chi connectivity index (χ1n) is 4.47. The van der Waals surface area contributed by atoms with Gasteiger partial charge < -0.3 is 10.2 Å². The minimum absolute atomic E-state index is 0. The number of nitrogens with zero attached hydrogens (tertiary/aromatic N) is 1. The molecule has 0 aromatic heterocycles. The normalized spacial score (nSPS) is 16.5. The van der Waals surface area contributed by atoms with Crippen molar-refractivity contribution in [3.63, 3.8) is 0 Å². The maximum Gasteiger partial charge on any atom is 0.0367 e. The largest absolute Gasteiger partial charge is 0.369 e. The number of piperazine rings is 1. The van der Waals surface area contributed by atoms with Crippen LogP contribution in [0.4, 0.5) is 5.69 Å². The van der Waals surface area contributed by atoms with Gasteiger partial charge in [0.1, 0.15) is 0 Å². The first-order chi connectivity index (χ1) is 5.97. The van der Waals surface area contributed by atoms with Crippen LogP contribution in [0, 0.1) is 0 Å². The standard InChI is InChI=1S/C10H14N2.Na.H/c1-2-4-10(5-3-1)12-8-6-11-7-9-12;;/h1-5,11H,6-9H2;;. The Morgan fingerprint density at radius 3 is 2.23 bits per heavy atom. The minimum Gasteiger partial charge on any atom is -0.369 e. The minimum atomic E-state index is 0. The van der Waals surface area contributed by atoms with Crippen LogP contribution in [-0.4, -0.2) is 55.7 Å². The summed E-state index contributed by atoms with van der Waals surface area (Å²) in [5.41, 5.74) is 1.35. The Morgan fingerprint density at radius 1 is 1.00 bits per heavy atom. The average molecular weight is 186 g/mol. The van der Waals surface area contributed by atoms with Crippen LogP contribution in [0.25, 0.3) is 0 Å². The van der Waals surface area contributed by atoms with E-state index >= 15 is 0 Å². The van der Waals surface area contributed by atoms with Crippen LogP contribution in [-0.2, 0) is 0 Å². The Labute approximate surface area is 102 Å². The van der Waals surface area contributed by atoms with Crippen LogP contribution in [0.1, 0.15) is 0 Å². The van der Waals surface area contributed by atoms with Crippen LogP contribution >= 0.6 is 0 Å². The Balaban J connectivity index is 0.000000845. The van der Waals surface area contributed by atoms with Gasteiger partial charge in [-0.25, -0.2) is 0 Å². The van der Waals surface area contributed by atoms with Crippen molar-refractivity contribution in [1.29, 1.82) is 0 Å². The van der Waals surface area contributed by atoms with Crippen molar-refractivity contribution in [1.82, 2.24) is 5.32 Å². The Hall–Kier alpha value is -0.0200. The van der Waals surface area contributed by atoms with E-state index in [2.05, 4.69) is 40.5 Å². The van der Waals surface area contributed by atoms with E-state index in [1.54, 1.807) is 0 Å². The topological polar surface area (TPSA) is 15.3 Å². The van der Waals surface area contributed by atoms with Gasteiger partial charge in [-0.05, 0) is 12.1 Å². The molecule has 1 aliphatic heterocycles. The molecule has 66 valence electrons. The van der Waals surface area contributed by atoms with E-state index in [0.717, 1.165) is 26.2 Å². The van der Waals surface area contributed by atoms with Gasteiger partial charge in [-0.1, -0.05) is 18.2 Å². The fraction of sp³-hybridized carbons (Fsp3) is 0.400. The summed E-state index contributed by atoms with van der Waals surface area (Å²) in [6.07, 6.45) is 0. The zero-order chi connectivity index (χ0) is 8.23. The number of hydrogen-bond acceptors (Lipinski definition) is 2. The van der Waals surface area contributed by atoms with Gasteiger partial charge in [-0.2, -0.15) is 0 Å². The molecule has 0 spiro atoms. The molecule has 0 aliphatic carbocycles. The molecule has 1 N–H and O–H groups in total. The third-order valence-electron chi connectivity index (χ3n) is 2.24. The summed E-state index contributed by atoms with van der Waals surface area (Å²) < 4.78 is 0. The van der Waals surface area contributed by atoms with Crippen LogP contribution in [0.3, 0.4) is 0 Å². The molecule has 2 rings (SSSR count). The van der Waals surface area contributed by atoms with Gasteiger partial charge in [0.2, 0.25) is 0 Å². The van der Waals surface area contributed by atoms with Crippen LogP contribution in [0.5, 0.6) is 0 Å². The van der Waals surface area contributed by atoms with E-state index in [4.69, 9.17) is 0 Å². The maximum absolute atomic E-state index is 3.34. The van der Waals surface area contributed by atoms with Gasteiger partial charge in [-0.15, -0.1) is 0 Å². The van der Waals surface area contributed by atoms with E-state index in [0.29, 0.717) is 0 Å². The number of benzene rings is 1. The third kappa shape index (κ3) is 2.99. The molecule has 0 amide bonds. The number of hydrogen-bond donors (Lipinski definition) is 1. The number of rotatable bonds is 1. The molecule has 0 atom stereocenters. The molecule has 1 saturated heterocycles. The van der Waals surface area contributed by atoms with Crippen molar-refractivity contribution in [2.75, 3.05) is 31.1 Å². The second kappa shape index (κ2) is 5.66. The van der Waals surface area contributed by atoms with E-state index in [9.17, 15) is 0 Å². The molecule has 3 heteroatoms. The third-order valence-corrected chi connectivity index (χ3v) is 2.24. The molecule has 0 bridgehead atoms. The summed E-state index contributed by atoms with van der Waals surface area (Å²) in [5, 5.41) is 3.34. The van der Waals surface area contributed by atoms with Crippen LogP contribution < -0.4 is 10.2 Å². The van der Waals surface area contributed by atoms with Crippen molar-refractivity contribution in [2.45, 2.75) is 0 Å². The van der Waals surface area contributed by atoms with Crippen molar-refractivity contribution in [3.8, 4) is 0 Å². The number of nitrogens with one attached hydrogen (secondary N) is 1. The van der Waals surface area contributed by atoms with Gasteiger partial charge in [0, 0.05) is 31.9 Å². The molecular formula is C10H15N2Na. The second-order valence-electron chi connectivity index (χ2n) is 3.07. The maximum atomic E-state index is 3.34. The van der Waals surface area contributed by atoms with Crippen molar-refractivity contribution in [2.24, 2.45) is 0 Å². The van der Waals surface area contributed by atoms with E-state index in [1.165, 1.54) is 5.69 Å². The van der Waals surface area contributed by atoms with Gasteiger partial charge in [0.25, 0.3) is 0 Å². The Kier molecular flexibility index (Phi) is 4.81. The fourth-order valence-electron chi connectivity index (χ4n) is 1.56. The van der Waals surface area contributed by atoms with Gasteiger partial charge >= 0.3 is 29.6 Å². The van der Waals surface area contributed by atoms with Crippen LogP contribution in [0.15, 0.2) is 30.3 Å². The summed E-state index contributed by atoms with van der Waals surface area (Å²) >= 11 is 0. The predicted molar refractivity (Wildman–Crippen MR) is 58.7 cm³/mol. The number of para-hydroxylation sites is 1. The molecule has 1 aromatic carbocycles. The summed E-state index contributed by atoms with van der Waals surface area (Å²) in [6, 6.07) is 10.6. The summed E-state index contributed by atoms with van der Waals surface area (Å²) in [6.45, 7) is 4.47. The summed E-state index contributed by atoms with van der Waals surface area (Å²) in [5.74, 6) is 0. The quantitative estimate of drug-likeness (QED) is 0.640. The molecule has 2 nitrogen and oxygen atoms in total. The van der Waals surface area contributed by atoms with Gasteiger partial charge in [-0.3, -0.25) is 0 Å². The zero-order valence-electron chi connectivity index (χ0n) is 7.16. The average Bonchev–Trinajstić information content (AvgIpc) is 2.21. The Morgan fingerprint density at radius 2 is 1.62 bits per heavy atom. The van der Waals surface area contributed by atoms with Crippen molar-refractivity contribution in [3.05, 3.63) is 30.3 Å². The predicted octanol–water partition coefficient (Wildman–Crippen LogP) is 0.448. The van der Waals surface area contributed by atoms with Crippen LogP contribution in [0.2, 0.25) is 0 Å². The fourth-order valence-corrected chi connectivity index (χ4v) is 1.56. The molecule has 0 radical (unpaired) electrons. The van der Waals surface area contributed by atoms with E-state index in [-0.39, 0.29) is 29.6 Å². The van der Waals surface area contributed by atoms with Crippen molar-refractivity contribution < 1.29 is 0 Å². The van der Waals surface area contributed by atoms with E-state index in [1.807, 2.05) is 0 Å². The van der Waals surface area contributed by atoms with Gasteiger partial charge in [0.05, 0.1) is 0 Å². The first kappa shape index (κ1) is 11.1.